The van der Waals surface area contributed by atoms with Crippen molar-refractivity contribution in [3.8, 4) is 0 Å². The van der Waals surface area contributed by atoms with Crippen LogP contribution in [0.25, 0.3) is 0 Å². The van der Waals surface area contributed by atoms with Crippen molar-refractivity contribution in [2.75, 3.05) is 7.11 Å². The smallest absolute Gasteiger partial charge is 0.0601 e. The number of hydrogen-bond acceptors (Lipinski definition) is 2. The number of hydrogen-bond donors (Lipinski definition) is 1. The summed E-state index contributed by atoms with van der Waals surface area (Å²) < 4.78 is 7.60. The standard InChI is InChI=1S/C13H22N2O/c1-3-6-15-7-4-5-12(15)10-14-11-8-13(9-11)16-2/h4-5,7,11,13-14H,3,6,8-10H2,1-2H3. The molecule has 0 bridgehead atoms. The minimum absolute atomic E-state index is 0.486. The lowest BCUT2D eigenvalue weighted by molar-refractivity contribution is 0.0168. The normalized spacial score (nSPS) is 24.4. The van der Waals surface area contributed by atoms with E-state index in [4.69, 9.17) is 4.74 Å². The Bertz CT molecular complexity index is 315. The molecule has 1 fully saturated rings. The van der Waals surface area contributed by atoms with E-state index in [2.05, 4.69) is 35.1 Å². The maximum Gasteiger partial charge on any atom is 0.0601 e. The fourth-order valence-corrected chi connectivity index (χ4v) is 2.24. The molecule has 0 aliphatic heterocycles. The molecule has 1 N–H and O–H groups in total. The molecule has 1 aliphatic rings. The van der Waals surface area contributed by atoms with Gasteiger partial charge in [0.1, 0.15) is 0 Å². The molecule has 0 amide bonds. The summed E-state index contributed by atoms with van der Waals surface area (Å²) in [6.45, 7) is 4.32. The summed E-state index contributed by atoms with van der Waals surface area (Å²) in [5.41, 5.74) is 1.39. The van der Waals surface area contributed by atoms with Crippen molar-refractivity contribution >= 4 is 0 Å². The first kappa shape index (κ1) is 11.7. The van der Waals surface area contributed by atoms with Gasteiger partial charge in [-0.25, -0.2) is 0 Å². The van der Waals surface area contributed by atoms with Crippen LogP contribution < -0.4 is 5.32 Å². The highest BCUT2D eigenvalue weighted by atomic mass is 16.5. The zero-order valence-corrected chi connectivity index (χ0v) is 10.3. The molecule has 0 atom stereocenters. The van der Waals surface area contributed by atoms with E-state index in [1.807, 2.05) is 0 Å². The lowest BCUT2D eigenvalue weighted by atomic mass is 9.89. The highest BCUT2D eigenvalue weighted by molar-refractivity contribution is 5.07. The SMILES string of the molecule is CCCn1cccc1CNC1CC(OC)C1. The van der Waals surface area contributed by atoms with Crippen LogP contribution in [0.15, 0.2) is 18.3 Å². The van der Waals surface area contributed by atoms with E-state index in [-0.39, 0.29) is 0 Å². The molecule has 1 aromatic heterocycles. The van der Waals surface area contributed by atoms with Crippen LogP contribution in [-0.2, 0) is 17.8 Å². The molecule has 1 aromatic rings. The van der Waals surface area contributed by atoms with Crippen LogP contribution in [0.1, 0.15) is 31.9 Å². The number of ether oxygens (including phenoxy) is 1. The highest BCUT2D eigenvalue weighted by Crippen LogP contribution is 2.22. The first-order chi connectivity index (χ1) is 7.83. The van der Waals surface area contributed by atoms with Gasteiger partial charge in [-0.05, 0) is 31.4 Å². The van der Waals surface area contributed by atoms with Gasteiger partial charge >= 0.3 is 0 Å². The van der Waals surface area contributed by atoms with Gasteiger partial charge in [-0.15, -0.1) is 0 Å². The second-order valence-electron chi connectivity index (χ2n) is 4.60. The number of aromatic nitrogens is 1. The second kappa shape index (κ2) is 5.51. The predicted molar refractivity (Wildman–Crippen MR) is 65.4 cm³/mol. The van der Waals surface area contributed by atoms with Gasteiger partial charge in [-0.2, -0.15) is 0 Å². The molecule has 0 aromatic carbocycles. The average molecular weight is 222 g/mol. The van der Waals surface area contributed by atoms with Gasteiger partial charge in [-0.3, -0.25) is 0 Å². The summed E-state index contributed by atoms with van der Waals surface area (Å²) in [6.07, 6.45) is 6.16. The molecule has 90 valence electrons. The molecule has 3 nitrogen and oxygen atoms in total. The highest BCUT2D eigenvalue weighted by Gasteiger charge is 2.28. The lowest BCUT2D eigenvalue weighted by Gasteiger charge is -2.34. The first-order valence-electron chi connectivity index (χ1n) is 6.23. The zero-order valence-electron chi connectivity index (χ0n) is 10.3. The third kappa shape index (κ3) is 2.66. The van der Waals surface area contributed by atoms with Crippen molar-refractivity contribution in [2.45, 2.75) is 51.4 Å². The van der Waals surface area contributed by atoms with Gasteiger partial charge in [0.2, 0.25) is 0 Å². The largest absolute Gasteiger partial charge is 0.381 e. The fourth-order valence-electron chi connectivity index (χ4n) is 2.24. The molecule has 16 heavy (non-hydrogen) atoms. The van der Waals surface area contributed by atoms with E-state index < -0.39 is 0 Å². The van der Waals surface area contributed by atoms with Crippen molar-refractivity contribution < 1.29 is 4.74 Å². The molecular weight excluding hydrogens is 200 g/mol. The minimum Gasteiger partial charge on any atom is -0.381 e. The Kier molecular flexibility index (Phi) is 4.02. The number of nitrogens with one attached hydrogen (secondary N) is 1. The Morgan fingerprint density at radius 3 is 3.00 bits per heavy atom. The van der Waals surface area contributed by atoms with Gasteiger partial charge < -0.3 is 14.6 Å². The zero-order chi connectivity index (χ0) is 11.4. The van der Waals surface area contributed by atoms with Crippen LogP contribution >= 0.6 is 0 Å². The maximum absolute atomic E-state index is 5.27. The third-order valence-electron chi connectivity index (χ3n) is 3.39. The number of nitrogens with zero attached hydrogens (tertiary/aromatic N) is 1. The molecule has 3 heteroatoms. The maximum atomic E-state index is 5.27. The van der Waals surface area contributed by atoms with Crippen molar-refractivity contribution in [2.24, 2.45) is 0 Å². The van der Waals surface area contributed by atoms with Crippen molar-refractivity contribution in [3.63, 3.8) is 0 Å². The van der Waals surface area contributed by atoms with Crippen molar-refractivity contribution in [3.05, 3.63) is 24.0 Å². The van der Waals surface area contributed by atoms with E-state index in [0.717, 1.165) is 25.9 Å². The summed E-state index contributed by atoms with van der Waals surface area (Å²) in [4.78, 5) is 0. The predicted octanol–water partition coefficient (Wildman–Crippen LogP) is 2.17. The molecule has 0 spiro atoms. The third-order valence-corrected chi connectivity index (χ3v) is 3.39. The molecule has 1 saturated carbocycles. The van der Waals surface area contributed by atoms with Gasteiger partial charge in [0.05, 0.1) is 6.10 Å². The van der Waals surface area contributed by atoms with Crippen LogP contribution in [0, 0.1) is 0 Å². The lowest BCUT2D eigenvalue weighted by Crippen LogP contribution is -2.44. The summed E-state index contributed by atoms with van der Waals surface area (Å²) in [5, 5.41) is 3.58. The summed E-state index contributed by atoms with van der Waals surface area (Å²) in [6, 6.07) is 4.98. The minimum atomic E-state index is 0.486. The van der Waals surface area contributed by atoms with Crippen LogP contribution in [0.2, 0.25) is 0 Å². The van der Waals surface area contributed by atoms with E-state index in [1.165, 1.54) is 12.1 Å². The molecule has 2 rings (SSSR count). The Balaban J connectivity index is 1.75. The number of aryl methyl sites for hydroxylation is 1. The van der Waals surface area contributed by atoms with Gasteiger partial charge in [0, 0.05) is 38.1 Å². The van der Waals surface area contributed by atoms with E-state index in [0.29, 0.717) is 12.1 Å². The Labute approximate surface area is 97.8 Å². The number of methoxy groups -OCH3 is 1. The summed E-state index contributed by atoms with van der Waals surface area (Å²) in [7, 11) is 1.80. The van der Waals surface area contributed by atoms with Crippen molar-refractivity contribution in [1.29, 1.82) is 0 Å². The molecular formula is C13H22N2O. The van der Waals surface area contributed by atoms with Crippen molar-refractivity contribution in [1.82, 2.24) is 9.88 Å². The average Bonchev–Trinajstić information content (AvgIpc) is 2.64. The number of rotatable bonds is 6. The quantitative estimate of drug-likeness (QED) is 0.798. The van der Waals surface area contributed by atoms with E-state index in [9.17, 15) is 0 Å². The van der Waals surface area contributed by atoms with Gasteiger partial charge in [0.15, 0.2) is 0 Å². The Morgan fingerprint density at radius 1 is 1.50 bits per heavy atom. The van der Waals surface area contributed by atoms with E-state index >= 15 is 0 Å². The second-order valence-corrected chi connectivity index (χ2v) is 4.60. The molecule has 0 saturated heterocycles. The first-order valence-corrected chi connectivity index (χ1v) is 6.23. The van der Waals surface area contributed by atoms with E-state index in [1.54, 1.807) is 7.11 Å². The molecule has 0 unspecified atom stereocenters. The van der Waals surface area contributed by atoms with Gasteiger partial charge in [0.25, 0.3) is 0 Å². The molecule has 0 radical (unpaired) electrons. The molecule has 1 heterocycles. The van der Waals surface area contributed by atoms with Gasteiger partial charge in [-0.1, -0.05) is 6.92 Å². The molecule has 1 aliphatic carbocycles. The Morgan fingerprint density at radius 2 is 2.31 bits per heavy atom. The van der Waals surface area contributed by atoms with Crippen LogP contribution in [0.4, 0.5) is 0 Å². The van der Waals surface area contributed by atoms with Crippen LogP contribution in [0.5, 0.6) is 0 Å². The summed E-state index contributed by atoms with van der Waals surface area (Å²) >= 11 is 0. The summed E-state index contributed by atoms with van der Waals surface area (Å²) in [5.74, 6) is 0. The van der Waals surface area contributed by atoms with Crippen LogP contribution in [-0.4, -0.2) is 23.8 Å². The fraction of sp³-hybridized carbons (Fsp3) is 0.692. The Hall–Kier alpha value is -0.800. The topological polar surface area (TPSA) is 26.2 Å². The van der Waals surface area contributed by atoms with Crippen LogP contribution in [0.3, 0.4) is 0 Å². The monoisotopic (exact) mass is 222 g/mol.